The molecule has 0 aliphatic carbocycles. The van der Waals surface area contributed by atoms with Gasteiger partial charge in [-0.25, -0.2) is 4.99 Å². The predicted octanol–water partition coefficient (Wildman–Crippen LogP) is 5.42. The van der Waals surface area contributed by atoms with E-state index >= 15 is 0 Å². The van der Waals surface area contributed by atoms with Crippen LogP contribution in [-0.4, -0.2) is 48.8 Å². The van der Waals surface area contributed by atoms with Crippen LogP contribution in [0.5, 0.6) is 11.5 Å². The van der Waals surface area contributed by atoms with Crippen LogP contribution in [0.1, 0.15) is 43.1 Å². The lowest BCUT2D eigenvalue weighted by molar-refractivity contribution is -0.129. The van der Waals surface area contributed by atoms with Crippen LogP contribution in [0.4, 0.5) is 5.69 Å². The zero-order chi connectivity index (χ0) is 28.5. The summed E-state index contributed by atoms with van der Waals surface area (Å²) in [6.07, 6.45) is -0.157. The summed E-state index contributed by atoms with van der Waals surface area (Å²) < 4.78 is 17.6. The summed E-state index contributed by atoms with van der Waals surface area (Å²) in [5, 5.41) is 15.9. The van der Waals surface area contributed by atoms with Crippen LogP contribution in [-0.2, 0) is 16.0 Å². The summed E-state index contributed by atoms with van der Waals surface area (Å²) in [5.41, 5.74) is 10.2. The number of methoxy groups -OCH3 is 1. The minimum atomic E-state index is -1.43. The van der Waals surface area contributed by atoms with Crippen molar-refractivity contribution in [1.29, 1.82) is 0 Å². The Balaban J connectivity index is 1.84. The highest BCUT2D eigenvalue weighted by molar-refractivity contribution is 6.01. The fourth-order valence-electron chi connectivity index (χ4n) is 4.57. The molecular formula is C30H33N5O5. The molecule has 0 aromatic heterocycles. The molecule has 2 N–H and O–H groups in total. The van der Waals surface area contributed by atoms with Gasteiger partial charge >= 0.3 is 0 Å². The van der Waals surface area contributed by atoms with E-state index in [-0.39, 0.29) is 25.0 Å². The molecule has 0 saturated heterocycles. The first kappa shape index (κ1) is 28.5. The Morgan fingerprint density at radius 3 is 2.62 bits per heavy atom. The molecule has 1 amide bonds. The van der Waals surface area contributed by atoms with Gasteiger partial charge in [0.25, 0.3) is 5.91 Å². The fourth-order valence-corrected chi connectivity index (χ4v) is 4.57. The molecule has 10 heteroatoms. The van der Waals surface area contributed by atoms with Crippen LogP contribution in [0.2, 0.25) is 0 Å². The summed E-state index contributed by atoms with van der Waals surface area (Å²) in [6.45, 7) is 4.22. The molecule has 3 aromatic carbocycles. The van der Waals surface area contributed by atoms with Gasteiger partial charge in [0.1, 0.15) is 11.5 Å². The Labute approximate surface area is 233 Å². The summed E-state index contributed by atoms with van der Waals surface area (Å²) >= 11 is 0. The van der Waals surface area contributed by atoms with Crippen molar-refractivity contribution in [2.75, 3.05) is 20.3 Å². The normalized spacial score (nSPS) is 17.9. The zero-order valence-corrected chi connectivity index (χ0v) is 22.8. The van der Waals surface area contributed by atoms with Gasteiger partial charge in [-0.05, 0) is 66.9 Å². The van der Waals surface area contributed by atoms with E-state index in [1.807, 2.05) is 62.4 Å². The lowest BCUT2D eigenvalue weighted by Crippen LogP contribution is -2.51. The van der Waals surface area contributed by atoms with Crippen molar-refractivity contribution in [3.8, 4) is 11.5 Å². The van der Waals surface area contributed by atoms with Crippen molar-refractivity contribution in [3.63, 3.8) is 0 Å². The molecule has 2 atom stereocenters. The Morgan fingerprint density at radius 1 is 1.15 bits per heavy atom. The number of carbonyl (C=O) groups is 1. The number of aliphatic imine (C=N–C) groups is 1. The predicted molar refractivity (Wildman–Crippen MR) is 152 cm³/mol. The standard InChI is InChI=1S/C30H33N5O5/c1-20(2)32-29(37)30(19-23-8-4-5-11-26(23)34-35-31)27(22-9-6-10-25(18-22)38-3)40-28(33-30)21-12-14-24(15-13-21)39-17-7-16-36/h4-6,8-15,18,20,27,36H,7,16-17,19H2,1-3H3,(H,32,37)/t27-,30-/m1/s1. The van der Waals surface area contributed by atoms with E-state index in [4.69, 9.17) is 29.8 Å². The minimum Gasteiger partial charge on any atom is -0.497 e. The van der Waals surface area contributed by atoms with Crippen molar-refractivity contribution in [2.45, 2.75) is 44.4 Å². The number of azide groups is 1. The number of carbonyl (C=O) groups excluding carboxylic acids is 1. The lowest BCUT2D eigenvalue weighted by Gasteiger charge is -2.32. The number of ether oxygens (including phenoxy) is 3. The second-order valence-corrected chi connectivity index (χ2v) is 9.69. The SMILES string of the molecule is COc1cccc([C@H]2OC(c3ccc(OCCCO)cc3)=N[C@@]2(Cc2ccccc2N=[N+]=[N-])C(=O)NC(C)C)c1. The second-order valence-electron chi connectivity index (χ2n) is 9.69. The van der Waals surface area contributed by atoms with Gasteiger partial charge in [0.2, 0.25) is 5.90 Å². The van der Waals surface area contributed by atoms with Crippen LogP contribution < -0.4 is 14.8 Å². The molecule has 208 valence electrons. The molecule has 0 saturated carbocycles. The molecule has 40 heavy (non-hydrogen) atoms. The number of nitrogens with one attached hydrogen (secondary N) is 1. The molecule has 10 nitrogen and oxygen atoms in total. The van der Waals surface area contributed by atoms with Crippen molar-refractivity contribution in [2.24, 2.45) is 10.1 Å². The molecular weight excluding hydrogens is 510 g/mol. The monoisotopic (exact) mass is 543 g/mol. The second kappa shape index (κ2) is 13.0. The minimum absolute atomic E-state index is 0.0533. The summed E-state index contributed by atoms with van der Waals surface area (Å²) in [6, 6.07) is 21.6. The number of aliphatic hydroxyl groups excluding tert-OH is 1. The largest absolute Gasteiger partial charge is 0.497 e. The number of amides is 1. The first-order valence-corrected chi connectivity index (χ1v) is 13.1. The molecule has 0 radical (unpaired) electrons. The summed E-state index contributed by atoms with van der Waals surface area (Å²) in [4.78, 5) is 22.1. The van der Waals surface area contributed by atoms with Gasteiger partial charge in [-0.15, -0.1) is 0 Å². The van der Waals surface area contributed by atoms with E-state index in [1.54, 1.807) is 31.4 Å². The molecule has 0 bridgehead atoms. The first-order chi connectivity index (χ1) is 19.4. The van der Waals surface area contributed by atoms with Crippen LogP contribution in [0.25, 0.3) is 10.4 Å². The van der Waals surface area contributed by atoms with Crippen LogP contribution >= 0.6 is 0 Å². The van der Waals surface area contributed by atoms with Gasteiger partial charge in [0.05, 0.1) is 13.7 Å². The smallest absolute Gasteiger partial charge is 0.252 e. The van der Waals surface area contributed by atoms with E-state index in [9.17, 15) is 4.79 Å². The van der Waals surface area contributed by atoms with Crippen molar-refractivity contribution >= 4 is 17.5 Å². The van der Waals surface area contributed by atoms with Crippen LogP contribution in [0.15, 0.2) is 82.9 Å². The maximum Gasteiger partial charge on any atom is 0.252 e. The highest BCUT2D eigenvalue weighted by atomic mass is 16.5. The van der Waals surface area contributed by atoms with Crippen molar-refractivity contribution in [1.82, 2.24) is 5.32 Å². The molecule has 0 spiro atoms. The Kier molecular flexibility index (Phi) is 9.27. The van der Waals surface area contributed by atoms with Gasteiger partial charge in [-0.1, -0.05) is 41.5 Å². The number of hydrogen-bond acceptors (Lipinski definition) is 7. The number of aliphatic hydroxyl groups is 1. The van der Waals surface area contributed by atoms with Gasteiger partial charge in [0.15, 0.2) is 11.6 Å². The maximum atomic E-state index is 14.1. The third kappa shape index (κ3) is 6.36. The van der Waals surface area contributed by atoms with Gasteiger partial charge in [-0.3, -0.25) is 4.79 Å². The van der Waals surface area contributed by atoms with E-state index in [1.165, 1.54) is 0 Å². The van der Waals surface area contributed by atoms with Gasteiger partial charge in [0, 0.05) is 41.7 Å². The van der Waals surface area contributed by atoms with Gasteiger partial charge < -0.3 is 24.6 Å². The number of hydrogen-bond donors (Lipinski definition) is 2. The number of benzene rings is 3. The number of nitrogens with zero attached hydrogens (tertiary/aromatic N) is 4. The third-order valence-electron chi connectivity index (χ3n) is 6.45. The average Bonchev–Trinajstić information content (AvgIpc) is 3.35. The topological polar surface area (TPSA) is 138 Å². The molecule has 1 heterocycles. The van der Waals surface area contributed by atoms with E-state index in [2.05, 4.69) is 15.3 Å². The Morgan fingerprint density at radius 2 is 1.93 bits per heavy atom. The van der Waals surface area contributed by atoms with Crippen molar-refractivity contribution < 1.29 is 24.1 Å². The van der Waals surface area contributed by atoms with Crippen LogP contribution in [0.3, 0.4) is 0 Å². The lowest BCUT2D eigenvalue weighted by atomic mass is 9.81. The summed E-state index contributed by atoms with van der Waals surface area (Å²) in [7, 11) is 1.58. The zero-order valence-electron chi connectivity index (χ0n) is 22.8. The van der Waals surface area contributed by atoms with E-state index in [0.717, 1.165) is 0 Å². The highest BCUT2D eigenvalue weighted by Crippen LogP contribution is 2.44. The Hall–Kier alpha value is -4.53. The van der Waals surface area contributed by atoms with Crippen LogP contribution in [0, 0.1) is 0 Å². The number of rotatable bonds is 12. The van der Waals surface area contributed by atoms with Gasteiger partial charge in [-0.2, -0.15) is 0 Å². The van der Waals surface area contributed by atoms with E-state index in [0.29, 0.717) is 52.8 Å². The quantitative estimate of drug-likeness (QED) is 0.136. The molecule has 1 aliphatic heterocycles. The third-order valence-corrected chi connectivity index (χ3v) is 6.45. The Bertz CT molecular complexity index is 1400. The maximum absolute atomic E-state index is 14.1. The van der Waals surface area contributed by atoms with Crippen molar-refractivity contribution in [3.05, 3.63) is 99.9 Å². The molecule has 3 aromatic rings. The fraction of sp³-hybridized carbons (Fsp3) is 0.333. The highest BCUT2D eigenvalue weighted by Gasteiger charge is 2.53. The average molecular weight is 544 g/mol. The van der Waals surface area contributed by atoms with E-state index < -0.39 is 11.6 Å². The molecule has 1 aliphatic rings. The summed E-state index contributed by atoms with van der Waals surface area (Å²) in [5.74, 6) is 1.25. The molecule has 4 rings (SSSR count). The first-order valence-electron chi connectivity index (χ1n) is 13.1. The molecule has 0 fully saturated rings. The molecule has 0 unspecified atom stereocenters.